The molecule has 0 saturated carbocycles. The van der Waals surface area contributed by atoms with Crippen molar-refractivity contribution in [1.29, 1.82) is 0 Å². The zero-order valence-electron chi connectivity index (χ0n) is 20.4. The number of hydrogen-bond acceptors (Lipinski definition) is 8. The Morgan fingerprint density at radius 1 is 0.947 bits per heavy atom. The van der Waals surface area contributed by atoms with Crippen molar-refractivity contribution in [2.75, 3.05) is 12.4 Å². The lowest BCUT2D eigenvalue weighted by atomic mass is 10.1. The van der Waals surface area contributed by atoms with Crippen LogP contribution in [0.5, 0.6) is 5.75 Å². The molecule has 3 heterocycles. The average molecular weight is 532 g/mol. The monoisotopic (exact) mass is 531 g/mol. The number of benzene rings is 2. The molecule has 1 atom stereocenters. The Morgan fingerprint density at radius 3 is 2.21 bits per heavy atom. The highest BCUT2D eigenvalue weighted by atomic mass is 35.5. The summed E-state index contributed by atoms with van der Waals surface area (Å²) >= 11 is 6.14. The van der Waals surface area contributed by atoms with Gasteiger partial charge in [0.05, 0.1) is 41.3 Å². The highest BCUT2D eigenvalue weighted by Crippen LogP contribution is 2.32. The second kappa shape index (κ2) is 10.8. The van der Waals surface area contributed by atoms with E-state index in [1.165, 1.54) is 13.4 Å². The summed E-state index contributed by atoms with van der Waals surface area (Å²) in [4.78, 5) is 35.2. The number of esters is 1. The molecule has 5 aromatic rings. The Balaban J connectivity index is 1.39. The van der Waals surface area contributed by atoms with Crippen molar-refractivity contribution in [2.24, 2.45) is 0 Å². The van der Waals surface area contributed by atoms with Crippen LogP contribution in [0.3, 0.4) is 0 Å². The first kappa shape index (κ1) is 25.0. The molecule has 1 amide bonds. The number of aromatic nitrogens is 2. The van der Waals surface area contributed by atoms with Gasteiger partial charge in [-0.05, 0) is 67.1 Å². The maximum absolute atomic E-state index is 13.0. The number of furan rings is 2. The smallest absolute Gasteiger partial charge is 0.338 e. The van der Waals surface area contributed by atoms with Gasteiger partial charge in [0.1, 0.15) is 17.1 Å². The van der Waals surface area contributed by atoms with Crippen LogP contribution < -0.4 is 10.1 Å². The average Bonchev–Trinajstić information content (AvgIpc) is 3.65. The number of nitrogens with one attached hydrogen (secondary N) is 1. The predicted octanol–water partition coefficient (Wildman–Crippen LogP) is 6.39. The third-order valence-corrected chi connectivity index (χ3v) is 6.04. The first-order valence-corrected chi connectivity index (χ1v) is 12.1. The van der Waals surface area contributed by atoms with Gasteiger partial charge in [-0.25, -0.2) is 14.8 Å². The molecule has 0 aliphatic heterocycles. The molecule has 192 valence electrons. The van der Waals surface area contributed by atoms with Crippen LogP contribution in [0.25, 0.3) is 33.9 Å². The van der Waals surface area contributed by atoms with Gasteiger partial charge in [0.15, 0.2) is 17.6 Å². The van der Waals surface area contributed by atoms with Crippen molar-refractivity contribution in [3.63, 3.8) is 0 Å². The first-order valence-electron chi connectivity index (χ1n) is 11.7. The summed E-state index contributed by atoms with van der Waals surface area (Å²) in [7, 11) is 1.50. The molecule has 2 aromatic carbocycles. The van der Waals surface area contributed by atoms with Crippen LogP contribution in [0.2, 0.25) is 5.02 Å². The van der Waals surface area contributed by atoms with Gasteiger partial charge in [-0.1, -0.05) is 18.5 Å². The van der Waals surface area contributed by atoms with Gasteiger partial charge in [0.25, 0.3) is 5.91 Å². The maximum atomic E-state index is 13.0. The number of ether oxygens (including phenoxy) is 2. The Bertz CT molecular complexity index is 1600. The number of halogens is 1. The van der Waals surface area contributed by atoms with E-state index in [4.69, 9.17) is 39.9 Å². The molecule has 5 rings (SSSR count). The molecule has 0 spiro atoms. The van der Waals surface area contributed by atoms with Gasteiger partial charge in [-0.3, -0.25) is 4.79 Å². The van der Waals surface area contributed by atoms with Crippen LogP contribution in [-0.2, 0) is 9.53 Å². The second-order valence-electron chi connectivity index (χ2n) is 8.22. The summed E-state index contributed by atoms with van der Waals surface area (Å²) in [5.41, 5.74) is 2.65. The van der Waals surface area contributed by atoms with Crippen LogP contribution >= 0.6 is 11.6 Å². The van der Waals surface area contributed by atoms with Crippen molar-refractivity contribution in [2.45, 2.75) is 19.4 Å². The molecule has 1 unspecified atom stereocenters. The quantitative estimate of drug-likeness (QED) is 0.229. The van der Waals surface area contributed by atoms with Gasteiger partial charge in [0, 0.05) is 5.69 Å². The fraction of sp³-hybridized carbons (Fsp3) is 0.143. The number of fused-ring (bicyclic) bond motifs is 1. The summed E-state index contributed by atoms with van der Waals surface area (Å²) in [6.45, 7) is 1.75. The van der Waals surface area contributed by atoms with E-state index >= 15 is 0 Å². The summed E-state index contributed by atoms with van der Waals surface area (Å²) in [6, 6.07) is 16.7. The second-order valence-corrected chi connectivity index (χ2v) is 8.63. The largest absolute Gasteiger partial charge is 0.495 e. The van der Waals surface area contributed by atoms with E-state index in [1.54, 1.807) is 73.9 Å². The molecule has 0 bridgehead atoms. The van der Waals surface area contributed by atoms with Crippen LogP contribution in [0.1, 0.15) is 23.7 Å². The zero-order chi connectivity index (χ0) is 26.6. The highest BCUT2D eigenvalue weighted by molar-refractivity contribution is 6.32. The van der Waals surface area contributed by atoms with Gasteiger partial charge in [-0.15, -0.1) is 0 Å². The van der Waals surface area contributed by atoms with Crippen molar-refractivity contribution in [3.8, 4) is 28.7 Å². The number of carbonyl (C=O) groups excluding carboxylic acids is 2. The standard InChI is InChI=1S/C28H22ClN3O6/c1-3-21(27(33)30-17-9-11-22(35-2)18(29)15-17)38-28(34)16-8-10-19-20(14-16)32-26(24-7-5-13-37-24)25(31-19)23-6-4-12-36-23/h4-15,21H,3H2,1-2H3,(H,30,33). The molecule has 1 N–H and O–H groups in total. The Morgan fingerprint density at radius 2 is 1.63 bits per heavy atom. The van der Waals surface area contributed by atoms with Crippen LogP contribution in [0, 0.1) is 0 Å². The van der Waals surface area contributed by atoms with Crippen LogP contribution in [0.4, 0.5) is 5.69 Å². The third kappa shape index (κ3) is 5.09. The van der Waals surface area contributed by atoms with Gasteiger partial charge in [-0.2, -0.15) is 0 Å². The van der Waals surface area contributed by atoms with Crippen molar-refractivity contribution in [3.05, 3.63) is 83.8 Å². The molecular formula is C28H22ClN3O6. The van der Waals surface area contributed by atoms with E-state index in [1.807, 2.05) is 0 Å². The number of hydrogen-bond donors (Lipinski definition) is 1. The number of rotatable bonds is 8. The maximum Gasteiger partial charge on any atom is 0.338 e. The predicted molar refractivity (Wildman–Crippen MR) is 141 cm³/mol. The zero-order valence-corrected chi connectivity index (χ0v) is 21.2. The Hall–Kier alpha value is -4.63. The molecule has 0 radical (unpaired) electrons. The highest BCUT2D eigenvalue weighted by Gasteiger charge is 2.24. The fourth-order valence-electron chi connectivity index (χ4n) is 3.84. The van der Waals surface area contributed by atoms with E-state index in [9.17, 15) is 9.59 Å². The number of carbonyl (C=O) groups is 2. The van der Waals surface area contributed by atoms with Crippen LogP contribution in [0.15, 0.2) is 82.0 Å². The lowest BCUT2D eigenvalue weighted by molar-refractivity contribution is -0.124. The molecule has 0 saturated heterocycles. The molecule has 0 aliphatic rings. The molecule has 0 aliphatic carbocycles. The van der Waals surface area contributed by atoms with Crippen LogP contribution in [-0.4, -0.2) is 35.1 Å². The Kier molecular flexibility index (Phi) is 7.10. The lowest BCUT2D eigenvalue weighted by Crippen LogP contribution is -2.32. The van der Waals surface area contributed by atoms with Gasteiger partial charge < -0.3 is 23.6 Å². The molecule has 9 nitrogen and oxygen atoms in total. The van der Waals surface area contributed by atoms with Crippen molar-refractivity contribution >= 4 is 40.2 Å². The molecule has 38 heavy (non-hydrogen) atoms. The molecule has 3 aromatic heterocycles. The van der Waals surface area contributed by atoms with E-state index in [-0.39, 0.29) is 12.0 Å². The number of amides is 1. The summed E-state index contributed by atoms with van der Waals surface area (Å²) in [6.07, 6.45) is 2.33. The van der Waals surface area contributed by atoms with Crippen molar-refractivity contribution < 1.29 is 27.9 Å². The van der Waals surface area contributed by atoms with Gasteiger partial charge in [0.2, 0.25) is 0 Å². The number of methoxy groups -OCH3 is 1. The molecule has 0 fully saturated rings. The Labute approximate surface area is 222 Å². The minimum absolute atomic E-state index is 0.224. The van der Waals surface area contributed by atoms with E-state index in [2.05, 4.69) is 5.32 Å². The van der Waals surface area contributed by atoms with E-state index < -0.39 is 18.0 Å². The van der Waals surface area contributed by atoms with Crippen molar-refractivity contribution in [1.82, 2.24) is 9.97 Å². The third-order valence-electron chi connectivity index (χ3n) is 5.74. The minimum atomic E-state index is -1.02. The fourth-order valence-corrected chi connectivity index (χ4v) is 4.10. The summed E-state index contributed by atoms with van der Waals surface area (Å²) < 4.78 is 21.8. The topological polar surface area (TPSA) is 117 Å². The number of nitrogens with zero attached hydrogens (tertiary/aromatic N) is 2. The van der Waals surface area contributed by atoms with Gasteiger partial charge >= 0.3 is 5.97 Å². The van der Waals surface area contributed by atoms with E-state index in [0.717, 1.165) is 0 Å². The normalized spacial score (nSPS) is 11.8. The first-order chi connectivity index (χ1) is 18.5. The summed E-state index contributed by atoms with van der Waals surface area (Å²) in [5.74, 6) is 0.363. The molecular weight excluding hydrogens is 510 g/mol. The minimum Gasteiger partial charge on any atom is -0.495 e. The number of anilines is 1. The van der Waals surface area contributed by atoms with E-state index in [0.29, 0.717) is 50.4 Å². The summed E-state index contributed by atoms with van der Waals surface area (Å²) in [5, 5.41) is 3.06. The SMILES string of the molecule is CCC(OC(=O)c1ccc2nc(-c3ccco3)c(-c3ccco3)nc2c1)C(=O)Nc1ccc(OC)c(Cl)c1. The lowest BCUT2D eigenvalue weighted by Gasteiger charge is -2.17. The molecule has 10 heteroatoms.